The van der Waals surface area contributed by atoms with E-state index < -0.39 is 6.10 Å². The van der Waals surface area contributed by atoms with Gasteiger partial charge in [0.25, 0.3) is 0 Å². The Morgan fingerprint density at radius 3 is 2.81 bits per heavy atom. The SMILES string of the molecule is COC(=O)C=C1CC[C@H]2[C@@H]3CCC4=CC(=O)C=C[C@]4(C)[C@H]3[C@@H](O)C[C@]12C. The lowest BCUT2D eigenvalue weighted by Gasteiger charge is -2.58. The van der Waals surface area contributed by atoms with E-state index in [-0.39, 0.29) is 28.5 Å². The second kappa shape index (κ2) is 5.91. The average molecular weight is 356 g/mol. The van der Waals surface area contributed by atoms with Crippen LogP contribution in [0.4, 0.5) is 0 Å². The largest absolute Gasteiger partial charge is 0.466 e. The lowest BCUT2D eigenvalue weighted by Crippen LogP contribution is -2.55. The number of carbonyl (C=O) groups is 2. The fraction of sp³-hybridized carbons (Fsp3) is 0.636. The molecule has 0 spiro atoms. The van der Waals surface area contributed by atoms with Crippen LogP contribution in [0.5, 0.6) is 0 Å². The highest BCUT2D eigenvalue weighted by Crippen LogP contribution is 2.65. The summed E-state index contributed by atoms with van der Waals surface area (Å²) in [5.74, 6) is 0.786. The van der Waals surface area contributed by atoms with E-state index in [1.165, 1.54) is 12.7 Å². The van der Waals surface area contributed by atoms with Crippen LogP contribution in [-0.4, -0.2) is 30.1 Å². The van der Waals surface area contributed by atoms with Gasteiger partial charge in [-0.05, 0) is 61.5 Å². The molecule has 0 heterocycles. The third-order valence-corrected chi connectivity index (χ3v) is 7.84. The van der Waals surface area contributed by atoms with Crippen molar-refractivity contribution in [2.75, 3.05) is 7.11 Å². The van der Waals surface area contributed by atoms with Crippen molar-refractivity contribution < 1.29 is 19.4 Å². The van der Waals surface area contributed by atoms with E-state index >= 15 is 0 Å². The molecule has 0 aromatic carbocycles. The highest BCUT2D eigenvalue weighted by molar-refractivity contribution is 6.01. The molecule has 26 heavy (non-hydrogen) atoms. The molecule has 0 aliphatic heterocycles. The number of fused-ring (bicyclic) bond motifs is 5. The second-order valence-corrected chi connectivity index (χ2v) is 8.94. The van der Waals surface area contributed by atoms with Crippen LogP contribution in [0.3, 0.4) is 0 Å². The van der Waals surface area contributed by atoms with Gasteiger partial charge >= 0.3 is 5.97 Å². The maximum atomic E-state index is 11.8. The molecular weight excluding hydrogens is 328 g/mol. The van der Waals surface area contributed by atoms with Gasteiger partial charge in [0, 0.05) is 17.4 Å². The molecule has 4 aliphatic rings. The number of esters is 1. The Hall–Kier alpha value is -1.68. The Morgan fingerprint density at radius 2 is 2.08 bits per heavy atom. The van der Waals surface area contributed by atoms with Crippen molar-refractivity contribution in [1.82, 2.24) is 0 Å². The number of ether oxygens (including phenoxy) is 1. The fourth-order valence-corrected chi connectivity index (χ4v) is 6.61. The van der Waals surface area contributed by atoms with Gasteiger partial charge in [-0.25, -0.2) is 4.79 Å². The Bertz CT molecular complexity index is 745. The van der Waals surface area contributed by atoms with Gasteiger partial charge in [0.2, 0.25) is 0 Å². The number of rotatable bonds is 1. The van der Waals surface area contributed by atoms with Crippen molar-refractivity contribution in [1.29, 1.82) is 0 Å². The first-order valence-electron chi connectivity index (χ1n) is 9.71. The number of ketones is 1. The maximum absolute atomic E-state index is 11.8. The van der Waals surface area contributed by atoms with Gasteiger partial charge in [0.15, 0.2) is 5.78 Å². The molecule has 3 fully saturated rings. The van der Waals surface area contributed by atoms with Gasteiger partial charge < -0.3 is 9.84 Å². The average Bonchev–Trinajstić information content (AvgIpc) is 2.91. The summed E-state index contributed by atoms with van der Waals surface area (Å²) in [6.45, 7) is 4.40. The topological polar surface area (TPSA) is 63.6 Å². The van der Waals surface area contributed by atoms with Crippen LogP contribution in [0.2, 0.25) is 0 Å². The summed E-state index contributed by atoms with van der Waals surface area (Å²) in [6.07, 6.45) is 11.3. The molecule has 1 N–H and O–H groups in total. The predicted octanol–water partition coefficient (Wildman–Crippen LogP) is 3.36. The lowest BCUT2D eigenvalue weighted by atomic mass is 9.47. The molecule has 4 nitrogen and oxygen atoms in total. The molecule has 4 heteroatoms. The predicted molar refractivity (Wildman–Crippen MR) is 98.1 cm³/mol. The lowest BCUT2D eigenvalue weighted by molar-refractivity contribution is -0.135. The normalized spacial score (nSPS) is 45.6. The van der Waals surface area contributed by atoms with Crippen molar-refractivity contribution in [3.63, 3.8) is 0 Å². The van der Waals surface area contributed by atoms with Gasteiger partial charge in [-0.1, -0.05) is 31.1 Å². The van der Waals surface area contributed by atoms with Crippen molar-refractivity contribution in [2.45, 2.75) is 52.1 Å². The summed E-state index contributed by atoms with van der Waals surface area (Å²) >= 11 is 0. The Kier molecular flexibility index (Phi) is 4.03. The van der Waals surface area contributed by atoms with Crippen LogP contribution in [0.25, 0.3) is 0 Å². The van der Waals surface area contributed by atoms with Gasteiger partial charge in [-0.3, -0.25) is 4.79 Å². The molecule has 0 unspecified atom stereocenters. The minimum absolute atomic E-state index is 0.0650. The van der Waals surface area contributed by atoms with Crippen LogP contribution in [-0.2, 0) is 14.3 Å². The molecule has 4 aliphatic carbocycles. The van der Waals surface area contributed by atoms with E-state index in [0.29, 0.717) is 18.3 Å². The van der Waals surface area contributed by atoms with Gasteiger partial charge in [-0.15, -0.1) is 0 Å². The monoisotopic (exact) mass is 356 g/mol. The zero-order valence-electron chi connectivity index (χ0n) is 15.8. The molecule has 0 saturated heterocycles. The van der Waals surface area contributed by atoms with E-state index in [9.17, 15) is 14.7 Å². The van der Waals surface area contributed by atoms with E-state index in [1.54, 1.807) is 18.2 Å². The van der Waals surface area contributed by atoms with E-state index in [0.717, 1.165) is 31.3 Å². The van der Waals surface area contributed by atoms with Crippen LogP contribution in [0, 0.1) is 28.6 Å². The van der Waals surface area contributed by atoms with Crippen LogP contribution < -0.4 is 0 Å². The second-order valence-electron chi connectivity index (χ2n) is 8.94. The molecule has 6 atom stereocenters. The molecule has 0 radical (unpaired) electrons. The minimum Gasteiger partial charge on any atom is -0.466 e. The third-order valence-electron chi connectivity index (χ3n) is 7.84. The minimum atomic E-state index is -0.438. The van der Waals surface area contributed by atoms with Crippen molar-refractivity contribution in [3.8, 4) is 0 Å². The zero-order valence-corrected chi connectivity index (χ0v) is 15.8. The summed E-state index contributed by atoms with van der Waals surface area (Å²) < 4.78 is 4.84. The molecular formula is C22H28O4. The van der Waals surface area contributed by atoms with E-state index in [2.05, 4.69) is 13.8 Å². The van der Waals surface area contributed by atoms with E-state index in [1.807, 2.05) is 6.08 Å². The van der Waals surface area contributed by atoms with Crippen molar-refractivity contribution >= 4 is 11.8 Å². The summed E-state index contributed by atoms with van der Waals surface area (Å²) in [7, 11) is 1.41. The number of allylic oxidation sites excluding steroid dienone is 5. The van der Waals surface area contributed by atoms with Gasteiger partial charge in [0.1, 0.15) is 0 Å². The first-order chi connectivity index (χ1) is 12.3. The number of methoxy groups -OCH3 is 1. The van der Waals surface area contributed by atoms with Crippen molar-refractivity contribution in [3.05, 3.63) is 35.5 Å². The third kappa shape index (κ3) is 2.38. The zero-order chi connectivity index (χ0) is 18.7. The summed E-state index contributed by atoms with van der Waals surface area (Å²) in [5.41, 5.74) is 1.94. The van der Waals surface area contributed by atoms with Crippen LogP contribution in [0.15, 0.2) is 35.5 Å². The van der Waals surface area contributed by atoms with Gasteiger partial charge in [-0.2, -0.15) is 0 Å². The summed E-state index contributed by atoms with van der Waals surface area (Å²) in [5, 5.41) is 11.2. The first-order valence-corrected chi connectivity index (χ1v) is 9.71. The number of hydrogen-bond donors (Lipinski definition) is 1. The number of hydrogen-bond acceptors (Lipinski definition) is 4. The summed E-state index contributed by atoms with van der Waals surface area (Å²) in [4.78, 5) is 23.6. The fourth-order valence-electron chi connectivity index (χ4n) is 6.61. The number of aliphatic hydroxyl groups excluding tert-OH is 1. The molecule has 0 aromatic rings. The molecule has 0 bridgehead atoms. The molecule has 0 aromatic heterocycles. The molecule has 0 amide bonds. The Morgan fingerprint density at radius 1 is 1.31 bits per heavy atom. The van der Waals surface area contributed by atoms with Gasteiger partial charge in [0.05, 0.1) is 13.2 Å². The Balaban J connectivity index is 1.71. The standard InChI is InChI=1S/C22H28O4/c1-21-9-8-15(23)10-13(21)4-6-16-17-7-5-14(11-19(25)26-3)22(17,2)12-18(24)20(16)21/h8-11,16-18,20,24H,4-7,12H2,1-3H3/t16-,17-,18-,20+,21-,22+/m0/s1. The molecule has 3 saturated carbocycles. The Labute approximate surface area is 155 Å². The quantitative estimate of drug-likeness (QED) is 0.578. The smallest absolute Gasteiger partial charge is 0.330 e. The first kappa shape index (κ1) is 17.7. The molecule has 4 rings (SSSR count). The highest BCUT2D eigenvalue weighted by Gasteiger charge is 2.60. The number of carbonyl (C=O) groups excluding carboxylic acids is 2. The highest BCUT2D eigenvalue weighted by atomic mass is 16.5. The van der Waals surface area contributed by atoms with Crippen LogP contribution in [0.1, 0.15) is 46.0 Å². The molecule has 140 valence electrons. The summed E-state index contributed by atoms with van der Waals surface area (Å²) in [6, 6.07) is 0. The van der Waals surface area contributed by atoms with Crippen LogP contribution >= 0.6 is 0 Å². The van der Waals surface area contributed by atoms with E-state index in [4.69, 9.17) is 4.74 Å². The number of aliphatic hydroxyl groups is 1. The van der Waals surface area contributed by atoms with Crippen molar-refractivity contribution in [2.24, 2.45) is 28.6 Å². The maximum Gasteiger partial charge on any atom is 0.330 e.